The maximum absolute atomic E-state index is 6.77. The Hall–Kier alpha value is -2.87. The zero-order valence-electron chi connectivity index (χ0n) is 9.45. The highest BCUT2D eigenvalue weighted by Crippen LogP contribution is 2.10. The molecule has 0 aliphatic heterocycles. The number of pyridine rings is 1. The molecule has 5 nitrogen and oxygen atoms in total. The highest BCUT2D eigenvalue weighted by atomic mass is 16.5. The summed E-state index contributed by atoms with van der Waals surface area (Å²) in [5.41, 5.74) is 0.704. The van der Waals surface area contributed by atoms with Gasteiger partial charge in [0, 0.05) is 6.20 Å². The van der Waals surface area contributed by atoms with Gasteiger partial charge in [-0.15, -0.1) is 4.95 Å². The summed E-state index contributed by atoms with van der Waals surface area (Å²) in [5, 5.41) is 6.44. The van der Waals surface area contributed by atoms with Crippen LogP contribution in [-0.4, -0.2) is 11.0 Å². The Morgan fingerprint density at radius 1 is 1.22 bits per heavy atom. The first kappa shape index (κ1) is 11.6. The van der Waals surface area contributed by atoms with Crippen molar-refractivity contribution in [1.82, 2.24) is 4.98 Å². The lowest BCUT2D eigenvalue weighted by molar-refractivity contribution is 0.549. The lowest BCUT2D eigenvalue weighted by atomic mass is 10.3. The van der Waals surface area contributed by atoms with Crippen LogP contribution in [0.1, 0.15) is 0 Å². The number of para-hydroxylation sites is 1. The van der Waals surface area contributed by atoms with Crippen molar-refractivity contribution in [2.75, 3.05) is 5.32 Å². The summed E-state index contributed by atoms with van der Waals surface area (Å²) in [6.07, 6.45) is 3.28. The van der Waals surface area contributed by atoms with Crippen LogP contribution in [0.15, 0.2) is 60.0 Å². The van der Waals surface area contributed by atoms with Crippen LogP contribution in [0.5, 0.6) is 5.75 Å². The van der Waals surface area contributed by atoms with Gasteiger partial charge in [0.2, 0.25) is 0 Å². The Balaban J connectivity index is 2.11. The number of aromatic nitrogens is 1. The van der Waals surface area contributed by atoms with Gasteiger partial charge in [-0.1, -0.05) is 18.2 Å². The third-order valence-electron chi connectivity index (χ3n) is 2.01. The molecule has 0 saturated carbocycles. The monoisotopic (exact) mass is 238 g/mol. The summed E-state index contributed by atoms with van der Waals surface area (Å²) in [6.45, 7) is 6.77. The minimum absolute atomic E-state index is 0.115. The van der Waals surface area contributed by atoms with Gasteiger partial charge in [-0.2, -0.15) is 6.57 Å². The van der Waals surface area contributed by atoms with E-state index in [1.165, 1.54) is 0 Å². The lowest BCUT2D eigenvalue weighted by Crippen LogP contribution is -2.18. The van der Waals surface area contributed by atoms with Crippen molar-refractivity contribution in [2.45, 2.75) is 0 Å². The molecule has 0 aliphatic carbocycles. The van der Waals surface area contributed by atoms with Crippen LogP contribution in [0, 0.1) is 6.57 Å². The van der Waals surface area contributed by atoms with Crippen LogP contribution in [0.3, 0.4) is 0 Å². The summed E-state index contributed by atoms with van der Waals surface area (Å²) in [6, 6.07) is 12.8. The average Bonchev–Trinajstić information content (AvgIpc) is 2.41. The predicted molar refractivity (Wildman–Crippen MR) is 69.0 cm³/mol. The molecule has 1 N–H and O–H groups in total. The topological polar surface area (TPSA) is 50.9 Å². The molecule has 1 aromatic heterocycles. The van der Waals surface area contributed by atoms with Gasteiger partial charge in [-0.3, -0.25) is 4.98 Å². The quantitative estimate of drug-likeness (QED) is 0.379. The predicted octanol–water partition coefficient (Wildman–Crippen LogP) is 2.76. The van der Waals surface area contributed by atoms with E-state index < -0.39 is 0 Å². The molecule has 0 spiro atoms. The van der Waals surface area contributed by atoms with Crippen LogP contribution in [0.2, 0.25) is 0 Å². The fraction of sp³-hybridized carbons (Fsp3) is 0. The van der Waals surface area contributed by atoms with Crippen molar-refractivity contribution in [3.8, 4) is 5.75 Å². The Morgan fingerprint density at radius 3 is 2.72 bits per heavy atom. The first-order valence-electron chi connectivity index (χ1n) is 5.23. The van der Waals surface area contributed by atoms with Gasteiger partial charge < -0.3 is 10.1 Å². The van der Waals surface area contributed by atoms with Crippen LogP contribution in [-0.2, 0) is 0 Å². The van der Waals surface area contributed by atoms with Crippen molar-refractivity contribution in [3.63, 3.8) is 0 Å². The zero-order valence-corrected chi connectivity index (χ0v) is 9.45. The second-order valence-corrected chi connectivity index (χ2v) is 3.29. The molecule has 1 heterocycles. The van der Waals surface area contributed by atoms with Crippen molar-refractivity contribution in [2.24, 2.45) is 5.10 Å². The summed E-state index contributed by atoms with van der Waals surface area (Å²) >= 11 is 0. The number of hydrogen-bond donors (Lipinski definition) is 1. The zero-order chi connectivity index (χ0) is 12.6. The van der Waals surface area contributed by atoms with Crippen LogP contribution >= 0.6 is 0 Å². The summed E-state index contributed by atoms with van der Waals surface area (Å²) in [4.78, 5) is 6.91. The molecule has 0 saturated heterocycles. The number of benzene rings is 1. The van der Waals surface area contributed by atoms with E-state index in [1.54, 1.807) is 36.7 Å². The molecule has 0 bridgehead atoms. The second-order valence-electron chi connectivity index (χ2n) is 3.29. The molecule has 0 amide bonds. The number of nitrogens with zero attached hydrogens (tertiary/aromatic N) is 3. The van der Waals surface area contributed by atoms with Crippen molar-refractivity contribution in [3.05, 3.63) is 66.4 Å². The van der Waals surface area contributed by atoms with Crippen molar-refractivity contribution in [1.29, 1.82) is 0 Å². The molecule has 88 valence electrons. The van der Waals surface area contributed by atoms with Crippen LogP contribution in [0.25, 0.3) is 4.95 Å². The van der Waals surface area contributed by atoms with E-state index in [9.17, 15) is 0 Å². The van der Waals surface area contributed by atoms with Crippen molar-refractivity contribution >= 4 is 11.7 Å². The molecule has 0 aliphatic rings. The SMILES string of the molecule is [C-]#[N+]/N=C(/Nc1cccnc1)Oc1ccccc1. The average molecular weight is 238 g/mol. The van der Waals surface area contributed by atoms with E-state index in [0.29, 0.717) is 11.4 Å². The van der Waals surface area contributed by atoms with Gasteiger partial charge in [0.15, 0.2) is 0 Å². The third kappa shape index (κ3) is 3.32. The molecule has 18 heavy (non-hydrogen) atoms. The highest BCUT2D eigenvalue weighted by molar-refractivity contribution is 5.90. The molecule has 0 atom stereocenters. The molecular formula is C13H10N4O. The van der Waals surface area contributed by atoms with Gasteiger partial charge in [-0.25, -0.2) is 0 Å². The molecule has 5 heteroatoms. The van der Waals surface area contributed by atoms with E-state index in [0.717, 1.165) is 0 Å². The van der Waals surface area contributed by atoms with E-state index in [4.69, 9.17) is 11.3 Å². The maximum atomic E-state index is 6.77. The number of hydrogen-bond acceptors (Lipinski definition) is 3. The van der Waals surface area contributed by atoms with Gasteiger partial charge in [0.25, 0.3) is 0 Å². The number of ether oxygens (including phenoxy) is 1. The van der Waals surface area contributed by atoms with E-state index in [1.807, 2.05) is 18.2 Å². The minimum atomic E-state index is 0.115. The summed E-state index contributed by atoms with van der Waals surface area (Å²) < 4.78 is 5.46. The smallest absolute Gasteiger partial charge is 0.378 e. The molecule has 2 rings (SSSR count). The van der Waals surface area contributed by atoms with E-state index in [2.05, 4.69) is 20.4 Å². The van der Waals surface area contributed by atoms with Gasteiger partial charge in [0.1, 0.15) is 10.9 Å². The largest absolute Gasteiger partial charge is 0.421 e. The fourth-order valence-electron chi connectivity index (χ4n) is 1.28. The Labute approximate surface area is 105 Å². The van der Waals surface area contributed by atoms with Gasteiger partial charge in [0.05, 0.1) is 11.9 Å². The molecular weight excluding hydrogens is 228 g/mol. The van der Waals surface area contributed by atoms with Gasteiger partial charge >= 0.3 is 6.02 Å². The standard InChI is InChI=1S/C13H10N4O/c1-14-17-13(16-11-6-5-9-15-10-11)18-12-7-3-2-4-8-12/h2-10H,(H,16,17). The number of amidine groups is 1. The van der Waals surface area contributed by atoms with Crippen molar-refractivity contribution < 1.29 is 4.74 Å². The maximum Gasteiger partial charge on any atom is 0.378 e. The first-order valence-corrected chi connectivity index (χ1v) is 5.23. The van der Waals surface area contributed by atoms with E-state index in [-0.39, 0.29) is 6.02 Å². The van der Waals surface area contributed by atoms with Gasteiger partial charge in [-0.05, 0) is 24.3 Å². The number of rotatable bonds is 2. The molecule has 0 unspecified atom stereocenters. The second kappa shape index (κ2) is 6.01. The van der Waals surface area contributed by atoms with E-state index >= 15 is 0 Å². The Bertz CT molecular complexity index is 517. The normalized spacial score (nSPS) is 10.5. The first-order chi connectivity index (χ1) is 8.88. The fourth-order valence-corrected chi connectivity index (χ4v) is 1.28. The highest BCUT2D eigenvalue weighted by Gasteiger charge is 2.06. The minimum Gasteiger partial charge on any atom is -0.421 e. The Kier molecular flexibility index (Phi) is 3.88. The summed E-state index contributed by atoms with van der Waals surface area (Å²) in [5.74, 6) is 0.608. The molecule has 0 fully saturated rings. The molecule has 1 aromatic carbocycles. The summed E-state index contributed by atoms with van der Waals surface area (Å²) in [7, 11) is 0. The lowest BCUT2D eigenvalue weighted by Gasteiger charge is -2.06. The Morgan fingerprint density at radius 2 is 2.06 bits per heavy atom. The van der Waals surface area contributed by atoms with Crippen LogP contribution < -0.4 is 10.1 Å². The molecule has 0 radical (unpaired) electrons. The number of anilines is 1. The number of nitrogens with one attached hydrogen (secondary N) is 1. The molecule has 2 aromatic rings. The van der Waals surface area contributed by atoms with Crippen LogP contribution in [0.4, 0.5) is 5.69 Å². The third-order valence-corrected chi connectivity index (χ3v) is 2.01.